The third-order valence-electron chi connectivity index (χ3n) is 23.5. The number of rotatable bonds is 58. The number of nitrogens with two attached hydrogens (primary N) is 4. The molecule has 3 aliphatic heterocycles. The molecule has 17 atom stereocenters. The number of unbranched alkanes of at least 4 members (excludes halogenated alkanes) is 1. The molecule has 0 spiro atoms. The third kappa shape index (κ3) is 36.2. The molecule has 0 aliphatic carbocycles. The Morgan fingerprint density at radius 3 is 1.45 bits per heavy atom. The van der Waals surface area contributed by atoms with Gasteiger partial charge in [-0.15, -0.1) is 0 Å². The molecule has 4 aromatic rings. The molecule has 32 N–H and O–H groups in total. The Balaban J connectivity index is 1.04. The number of aliphatic hydroxyl groups excluding tert-OH is 2. The van der Waals surface area contributed by atoms with E-state index in [0.717, 1.165) is 4.90 Å². The molecule has 4 heterocycles. The summed E-state index contributed by atoms with van der Waals surface area (Å²) in [4.78, 5) is 262. The fourth-order valence-corrected chi connectivity index (χ4v) is 16.4. The zero-order valence-electron chi connectivity index (χ0n) is 77.6. The average molecular weight is 2000 g/mol. The first-order valence-electron chi connectivity index (χ1n) is 45.9. The van der Waals surface area contributed by atoms with Crippen molar-refractivity contribution >= 4 is 144 Å². The number of likely N-dealkylation sites (tertiary alicyclic amines) is 1. The normalized spacial score (nSPS) is 17.6. The maximum Gasteiger partial charge on any atom is 0.326 e. The molecule has 3 fully saturated rings. The van der Waals surface area contributed by atoms with Gasteiger partial charge in [0.2, 0.25) is 94.5 Å². The molecular weight excluding hydrogens is 1870 g/mol. The van der Waals surface area contributed by atoms with Crippen LogP contribution in [0, 0.1) is 16.7 Å². The van der Waals surface area contributed by atoms with Crippen molar-refractivity contribution in [3.8, 4) is 5.75 Å². The molecule has 1 aromatic heterocycles. The average Bonchev–Trinajstić information content (AvgIpc) is 1.63. The summed E-state index contributed by atoms with van der Waals surface area (Å²) in [6.07, 6.45) is 2.12. The van der Waals surface area contributed by atoms with Crippen LogP contribution >= 0.6 is 25.3 Å². The zero-order valence-corrected chi connectivity index (χ0v) is 79.3. The van der Waals surface area contributed by atoms with Crippen LogP contribution < -0.4 is 108 Å². The largest absolute Gasteiger partial charge is 0.508 e. The molecule has 3 unspecified atom stereocenters. The van der Waals surface area contributed by atoms with E-state index in [2.05, 4.69) is 120 Å². The Kier molecular flexibility index (Phi) is 46.5. The van der Waals surface area contributed by atoms with Gasteiger partial charge in [-0.25, -0.2) is 9.78 Å². The molecule has 7 rings (SSSR count). The number of carboxylic acids is 2. The van der Waals surface area contributed by atoms with Crippen molar-refractivity contribution in [1.29, 1.82) is 10.8 Å². The fraction of sp³-hybridized carbons (Fsp3) is 0.539. The lowest BCUT2D eigenvalue weighted by Crippen LogP contribution is -2.63. The summed E-state index contributed by atoms with van der Waals surface area (Å²) in [6.45, 7) is 0.888. The van der Waals surface area contributed by atoms with E-state index in [1.165, 1.54) is 41.7 Å². The van der Waals surface area contributed by atoms with Crippen LogP contribution in [0.2, 0.25) is 0 Å². The number of fused-ring (bicyclic) bond motifs is 1. The van der Waals surface area contributed by atoms with E-state index < -0.39 is 271 Å². The molecule has 766 valence electrons. The van der Waals surface area contributed by atoms with Crippen LogP contribution in [0.4, 0.5) is 0 Å². The Labute approximate surface area is 817 Å². The summed E-state index contributed by atoms with van der Waals surface area (Å²) < 4.78 is 0. The molecule has 3 aliphatic rings. The van der Waals surface area contributed by atoms with Crippen LogP contribution in [-0.2, 0) is 112 Å². The van der Waals surface area contributed by atoms with E-state index in [1.54, 1.807) is 74.5 Å². The van der Waals surface area contributed by atoms with Gasteiger partial charge in [-0.1, -0.05) is 93.1 Å². The number of carbonyl (C=O) groups is 18. The van der Waals surface area contributed by atoms with Crippen molar-refractivity contribution in [3.63, 3.8) is 0 Å². The van der Waals surface area contributed by atoms with Crippen LogP contribution in [0.1, 0.15) is 133 Å². The predicted molar refractivity (Wildman–Crippen MR) is 511 cm³/mol. The van der Waals surface area contributed by atoms with E-state index in [1.807, 2.05) is 0 Å². The molecule has 3 saturated heterocycles. The quantitative estimate of drug-likeness (QED) is 0.00845. The summed E-state index contributed by atoms with van der Waals surface area (Å²) in [6, 6.07) is -2.66. The van der Waals surface area contributed by atoms with Gasteiger partial charge >= 0.3 is 11.9 Å². The minimum atomic E-state index is -1.85. The smallest absolute Gasteiger partial charge is 0.326 e. The number of guanidine groups is 2. The highest BCUT2D eigenvalue weighted by Gasteiger charge is 2.49. The summed E-state index contributed by atoms with van der Waals surface area (Å²) in [5.74, 6) is -20.3. The van der Waals surface area contributed by atoms with Gasteiger partial charge < -0.3 is 148 Å². The number of benzene rings is 3. The van der Waals surface area contributed by atoms with E-state index in [4.69, 9.17) is 33.8 Å². The molecule has 0 saturated carbocycles. The number of nitrogens with one attached hydrogen (secondary N) is 19. The molecule has 0 radical (unpaired) electrons. The van der Waals surface area contributed by atoms with Gasteiger partial charge in [0.25, 0.3) is 0 Å². The van der Waals surface area contributed by atoms with Gasteiger partial charge in [-0.3, -0.25) is 92.3 Å². The number of aliphatic hydroxyl groups is 2. The number of piperidine rings is 1. The number of aromatic nitrogens is 2. The van der Waals surface area contributed by atoms with Crippen molar-refractivity contribution in [1.82, 2.24) is 105 Å². The maximum absolute atomic E-state index is 15.0. The monoisotopic (exact) mass is 1990 g/mol. The standard InChI is InChI=1S/C89H130N26O23S2/c1-47(2)71(113-69(119)41-99-72(122)54(91)18-9-10-32-90)84(134)110-64(43-117)79(129)104-58-28-24-52-25-30-68(115(52)86(58)136)83(133)107-61(38-50-22-26-53(118)27-23-50)77(127)101-56(20-12-34-98-89(94)95)74(124)112-66(45-140)85(135)114-35-13-21-67(114)82(132)111-65(44-139)81(131)102-55(19-11-33-97-88(92)93)73(123)105-60(37-49-16-7-4-8-17-49)78(128)106-59(36-48-14-5-3-6-15-48)76(126)103-57(29-31-70(120)121)75(125)109-63(42-116)80(130)108-62(87(137)138)39-51-40-96-46-100-51/h3-8,14-17,22-23,26-27,40,46-47,52,54-68,71,116-118,139-140H,9-13,18-21,24-25,28-39,41-45,90-91H2,1-2H3,(H,96,100)(H,99,122)(H,101,127)(H,102,131)(H,103,126)(H,104,129)(H,105,123)(H,106,128)(H,107,133)(H,108,130)(H,109,125)(H,110,134)(H,111,132)(H,112,124)(H,113,119)(H,120,121)(H,137,138)(H4,92,93,97)(H4,94,95,98)/t52?,54-,55-,56-,57-,58?,59-,60-,61-,62-,63-,64-,65-,66-,67-,68?,71-/m0/s1. The summed E-state index contributed by atoms with van der Waals surface area (Å²) in [7, 11) is 0. The number of imidazole rings is 1. The molecule has 3 aromatic carbocycles. The van der Waals surface area contributed by atoms with Crippen molar-refractivity contribution in [2.24, 2.45) is 28.9 Å². The minimum Gasteiger partial charge on any atom is -0.508 e. The number of hydrogen-bond donors (Lipinski definition) is 30. The van der Waals surface area contributed by atoms with Crippen LogP contribution in [0.25, 0.3) is 0 Å². The van der Waals surface area contributed by atoms with Gasteiger partial charge in [0.1, 0.15) is 96.4 Å². The highest BCUT2D eigenvalue weighted by atomic mass is 32.1. The number of amides is 16. The number of aromatic amines is 1. The molecule has 51 heteroatoms. The zero-order chi connectivity index (χ0) is 103. The first-order valence-corrected chi connectivity index (χ1v) is 47.2. The van der Waals surface area contributed by atoms with Crippen LogP contribution in [0.3, 0.4) is 0 Å². The third-order valence-corrected chi connectivity index (χ3v) is 24.2. The molecule has 0 bridgehead atoms. The molecule has 140 heavy (non-hydrogen) atoms. The summed E-state index contributed by atoms with van der Waals surface area (Å²) >= 11 is 8.82. The number of phenolic OH excluding ortho intramolecular Hbond substituents is 1. The number of H-pyrrole nitrogens is 1. The van der Waals surface area contributed by atoms with Crippen molar-refractivity contribution in [3.05, 3.63) is 120 Å². The summed E-state index contributed by atoms with van der Waals surface area (Å²) in [5.41, 5.74) is 24.2. The van der Waals surface area contributed by atoms with Gasteiger partial charge in [-0.2, -0.15) is 25.3 Å². The van der Waals surface area contributed by atoms with Crippen molar-refractivity contribution < 1.29 is 112 Å². The Morgan fingerprint density at radius 2 is 0.950 bits per heavy atom. The Hall–Kier alpha value is -13.8. The van der Waals surface area contributed by atoms with Crippen molar-refractivity contribution in [2.45, 2.75) is 239 Å². The predicted octanol–water partition coefficient (Wildman–Crippen LogP) is -7.62. The second-order valence-electron chi connectivity index (χ2n) is 34.4. The van der Waals surface area contributed by atoms with E-state index in [-0.39, 0.29) is 109 Å². The number of phenols is 1. The maximum atomic E-state index is 15.0. The Morgan fingerprint density at radius 1 is 0.493 bits per heavy atom. The van der Waals surface area contributed by atoms with Gasteiger partial charge in [0.15, 0.2) is 11.9 Å². The van der Waals surface area contributed by atoms with Gasteiger partial charge in [0.05, 0.1) is 32.1 Å². The second-order valence-corrected chi connectivity index (χ2v) is 35.1. The Bertz CT molecular complexity index is 4920. The van der Waals surface area contributed by atoms with Crippen molar-refractivity contribution in [2.75, 3.05) is 57.4 Å². The fourth-order valence-electron chi connectivity index (χ4n) is 15.9. The number of carbonyl (C=O) groups excluding carboxylic acids is 16. The SMILES string of the molecule is CC(C)[C@H](NC(=O)CNC(=O)[C@@H](N)CCCCN)C(=O)N[C@@H](CO)C(=O)NC1CCC2CCC(C(=O)N[C@@H](Cc3ccc(O)cc3)C(=O)N[C@@H](CCCNC(=N)N)C(=O)N[C@@H](CS)C(=O)N3CCC[C@H]3C(=O)N[C@@H](CS)C(=O)N[C@@H](CCCNC(=N)N)C(=O)N[C@@H](Cc3ccccc3)C(=O)N[C@@H](Cc3ccccc3)C(=O)N[C@@H](CCC(=O)O)C(=O)N[C@@H](CO)C(=O)N[C@@H](Cc3cnc[nH]3)C(=O)O)N2C1=O. The number of nitrogens with zero attached hydrogens (tertiary/aromatic N) is 3. The lowest BCUT2D eigenvalue weighted by Gasteiger charge is -2.38. The lowest BCUT2D eigenvalue weighted by atomic mass is 9.97. The molecular formula is C89H130N26O23S2. The van der Waals surface area contributed by atoms with E-state index in [9.17, 15) is 107 Å². The summed E-state index contributed by atoms with van der Waals surface area (Å²) in [5, 5.41) is 107. The topological polar surface area (TPSA) is 788 Å². The minimum absolute atomic E-state index is 0.00726. The van der Waals surface area contributed by atoms with E-state index in [0.29, 0.717) is 54.6 Å². The van der Waals surface area contributed by atoms with Crippen LogP contribution in [0.15, 0.2) is 97.5 Å². The van der Waals surface area contributed by atoms with Crippen LogP contribution in [0.5, 0.6) is 5.75 Å². The number of thiol groups is 2. The highest BCUT2D eigenvalue weighted by Crippen LogP contribution is 2.33. The van der Waals surface area contributed by atoms with Crippen LogP contribution in [-0.4, -0.2) is 324 Å². The number of hydrogen-bond acceptors (Lipinski definition) is 28. The number of aromatic hydroxyl groups is 1. The van der Waals surface area contributed by atoms with Gasteiger partial charge in [-0.05, 0) is 125 Å². The lowest BCUT2D eigenvalue weighted by molar-refractivity contribution is -0.147. The first-order chi connectivity index (χ1) is 66.8. The number of carboxylic acid groups (broad SMARTS) is 2. The highest BCUT2D eigenvalue weighted by molar-refractivity contribution is 7.80. The number of aliphatic carboxylic acids is 2. The second kappa shape index (κ2) is 57.6. The molecule has 16 amide bonds. The van der Waals surface area contributed by atoms with E-state index >= 15 is 4.79 Å². The molecule has 49 nitrogen and oxygen atoms in total. The van der Waals surface area contributed by atoms with Gasteiger partial charge in [0, 0.05) is 81.2 Å². The first kappa shape index (κ1) is 113.